The van der Waals surface area contributed by atoms with Gasteiger partial charge in [0.25, 0.3) is 0 Å². The van der Waals surface area contributed by atoms with Crippen molar-refractivity contribution < 1.29 is 9.53 Å². The zero-order valence-corrected chi connectivity index (χ0v) is 7.75. The van der Waals surface area contributed by atoms with Crippen molar-refractivity contribution in [3.63, 3.8) is 0 Å². The number of Topliss-reactive ketones (excluding diaryl/α,β-unsaturated/α-hetero) is 1. The van der Waals surface area contributed by atoms with Crippen molar-refractivity contribution in [2.45, 2.75) is 6.42 Å². The molecule has 1 aromatic rings. The Kier molecular flexibility index (Phi) is 1.97. The van der Waals surface area contributed by atoms with Gasteiger partial charge in [-0.15, -0.1) is 0 Å². The predicted octanol–water partition coefficient (Wildman–Crippen LogP) is 2.26. The number of allylic oxidation sites excluding steroid dienone is 1. The zero-order valence-electron chi connectivity index (χ0n) is 7.75. The standard InChI is InChI=1S/C12H10O2/c1-8-9(2)14-12-6-4-3-5-10(12)7-11(8)13/h3-6H,1-2,7H2. The number of rotatable bonds is 0. The Balaban J connectivity index is 2.49. The van der Waals surface area contributed by atoms with E-state index in [0.29, 0.717) is 23.5 Å². The number of carbonyl (C=O) groups excluding carboxylic acids is 1. The summed E-state index contributed by atoms with van der Waals surface area (Å²) in [4.78, 5) is 11.5. The molecule has 0 saturated heterocycles. The number of benzene rings is 1. The molecular formula is C12H10O2. The molecule has 2 rings (SSSR count). The summed E-state index contributed by atoms with van der Waals surface area (Å²) < 4.78 is 5.42. The van der Waals surface area contributed by atoms with Gasteiger partial charge in [0.05, 0.1) is 5.57 Å². The highest BCUT2D eigenvalue weighted by Crippen LogP contribution is 2.27. The lowest BCUT2D eigenvalue weighted by Crippen LogP contribution is -2.04. The van der Waals surface area contributed by atoms with Crippen LogP contribution in [0.5, 0.6) is 5.75 Å². The normalized spacial score (nSPS) is 15.9. The van der Waals surface area contributed by atoms with Crippen LogP contribution >= 0.6 is 0 Å². The summed E-state index contributed by atoms with van der Waals surface area (Å²) in [6, 6.07) is 7.45. The Morgan fingerprint density at radius 3 is 2.71 bits per heavy atom. The third-order valence-electron chi connectivity index (χ3n) is 2.23. The minimum Gasteiger partial charge on any atom is -0.457 e. The second-order valence-electron chi connectivity index (χ2n) is 3.21. The van der Waals surface area contributed by atoms with Gasteiger partial charge >= 0.3 is 0 Å². The van der Waals surface area contributed by atoms with Crippen molar-refractivity contribution in [2.24, 2.45) is 0 Å². The Morgan fingerprint density at radius 1 is 1.21 bits per heavy atom. The second kappa shape index (κ2) is 3.14. The molecule has 0 saturated carbocycles. The van der Waals surface area contributed by atoms with Crippen molar-refractivity contribution in [2.75, 3.05) is 0 Å². The van der Waals surface area contributed by atoms with E-state index in [1.54, 1.807) is 0 Å². The van der Waals surface area contributed by atoms with Crippen molar-refractivity contribution in [3.8, 4) is 5.75 Å². The molecule has 0 spiro atoms. The van der Waals surface area contributed by atoms with E-state index >= 15 is 0 Å². The molecule has 0 bridgehead atoms. The van der Waals surface area contributed by atoms with Crippen LogP contribution in [0.4, 0.5) is 0 Å². The van der Waals surface area contributed by atoms with E-state index in [1.165, 1.54) is 0 Å². The van der Waals surface area contributed by atoms with E-state index in [9.17, 15) is 4.79 Å². The molecule has 0 N–H and O–H groups in total. The highest BCUT2D eigenvalue weighted by molar-refractivity contribution is 6.00. The van der Waals surface area contributed by atoms with E-state index in [1.807, 2.05) is 24.3 Å². The van der Waals surface area contributed by atoms with Crippen LogP contribution in [0.1, 0.15) is 5.56 Å². The zero-order chi connectivity index (χ0) is 10.1. The van der Waals surface area contributed by atoms with E-state index in [2.05, 4.69) is 13.2 Å². The van der Waals surface area contributed by atoms with Crippen LogP contribution < -0.4 is 4.74 Å². The third-order valence-corrected chi connectivity index (χ3v) is 2.23. The van der Waals surface area contributed by atoms with Gasteiger partial charge in [0.15, 0.2) is 5.78 Å². The number of para-hydroxylation sites is 1. The first-order valence-electron chi connectivity index (χ1n) is 4.35. The summed E-state index contributed by atoms with van der Waals surface area (Å²) in [6.07, 6.45) is 0.341. The van der Waals surface area contributed by atoms with Gasteiger partial charge in [0.2, 0.25) is 0 Å². The lowest BCUT2D eigenvalue weighted by atomic mass is 10.0. The average Bonchev–Trinajstić information content (AvgIpc) is 2.28. The van der Waals surface area contributed by atoms with Gasteiger partial charge in [-0.2, -0.15) is 0 Å². The quantitative estimate of drug-likeness (QED) is 0.581. The summed E-state index contributed by atoms with van der Waals surface area (Å²) in [5.41, 5.74) is 1.25. The van der Waals surface area contributed by atoms with E-state index in [-0.39, 0.29) is 5.78 Å². The van der Waals surface area contributed by atoms with Gasteiger partial charge in [-0.05, 0) is 6.07 Å². The van der Waals surface area contributed by atoms with Crippen LogP contribution in [0, 0.1) is 0 Å². The molecule has 0 fully saturated rings. The summed E-state index contributed by atoms with van der Waals surface area (Å²) in [6.45, 7) is 7.31. The molecule has 0 aliphatic carbocycles. The fourth-order valence-electron chi connectivity index (χ4n) is 1.38. The number of ether oxygens (including phenoxy) is 1. The molecule has 0 atom stereocenters. The molecule has 1 aliphatic rings. The highest BCUT2D eigenvalue weighted by Gasteiger charge is 2.20. The van der Waals surface area contributed by atoms with Crippen molar-refractivity contribution in [1.82, 2.24) is 0 Å². The summed E-state index contributed by atoms with van der Waals surface area (Å²) in [5, 5.41) is 0. The Labute approximate surface area is 82.5 Å². The number of hydrogen-bond acceptors (Lipinski definition) is 2. The van der Waals surface area contributed by atoms with Gasteiger partial charge in [0.1, 0.15) is 11.5 Å². The number of carbonyl (C=O) groups is 1. The first-order chi connectivity index (χ1) is 6.68. The smallest absolute Gasteiger partial charge is 0.170 e. The van der Waals surface area contributed by atoms with Gasteiger partial charge in [-0.3, -0.25) is 4.79 Å². The van der Waals surface area contributed by atoms with Crippen LogP contribution in [0.15, 0.2) is 48.8 Å². The fourth-order valence-corrected chi connectivity index (χ4v) is 1.38. The van der Waals surface area contributed by atoms with Crippen molar-refractivity contribution in [1.29, 1.82) is 0 Å². The Bertz CT molecular complexity index is 391. The maximum atomic E-state index is 11.5. The average molecular weight is 186 g/mol. The first-order valence-corrected chi connectivity index (χ1v) is 4.35. The lowest BCUT2D eigenvalue weighted by Gasteiger charge is -2.06. The molecule has 1 heterocycles. The summed E-state index contributed by atoms with van der Waals surface area (Å²) in [5.74, 6) is 1.02. The maximum Gasteiger partial charge on any atom is 0.170 e. The van der Waals surface area contributed by atoms with Crippen LogP contribution in [-0.2, 0) is 11.2 Å². The molecule has 1 aliphatic heterocycles. The number of ketones is 1. The lowest BCUT2D eigenvalue weighted by molar-refractivity contribution is -0.114. The summed E-state index contributed by atoms with van der Waals surface area (Å²) in [7, 11) is 0. The summed E-state index contributed by atoms with van der Waals surface area (Å²) >= 11 is 0. The minimum absolute atomic E-state index is 0.0278. The molecule has 1 aromatic carbocycles. The molecule has 2 heteroatoms. The number of hydrogen-bond donors (Lipinski definition) is 0. The third kappa shape index (κ3) is 1.35. The van der Waals surface area contributed by atoms with E-state index < -0.39 is 0 Å². The van der Waals surface area contributed by atoms with E-state index in [4.69, 9.17) is 4.74 Å². The van der Waals surface area contributed by atoms with Gasteiger partial charge in [-0.25, -0.2) is 0 Å². The highest BCUT2D eigenvalue weighted by atomic mass is 16.5. The molecule has 70 valence electrons. The van der Waals surface area contributed by atoms with Gasteiger partial charge in [-0.1, -0.05) is 31.4 Å². The molecule has 0 radical (unpaired) electrons. The molecule has 2 nitrogen and oxygen atoms in total. The molecule has 0 unspecified atom stereocenters. The monoisotopic (exact) mass is 186 g/mol. The van der Waals surface area contributed by atoms with Crippen molar-refractivity contribution in [3.05, 3.63) is 54.3 Å². The van der Waals surface area contributed by atoms with Crippen LogP contribution in [0.3, 0.4) is 0 Å². The Hall–Kier alpha value is -1.83. The molecule has 0 aromatic heterocycles. The van der Waals surface area contributed by atoms with Gasteiger partial charge in [0, 0.05) is 12.0 Å². The predicted molar refractivity (Wildman–Crippen MR) is 54.1 cm³/mol. The van der Waals surface area contributed by atoms with Crippen molar-refractivity contribution >= 4 is 5.78 Å². The maximum absolute atomic E-state index is 11.5. The molecule has 0 amide bonds. The van der Waals surface area contributed by atoms with Crippen LogP contribution in [-0.4, -0.2) is 5.78 Å². The fraction of sp³-hybridized carbons (Fsp3) is 0.0833. The Morgan fingerprint density at radius 2 is 1.93 bits per heavy atom. The van der Waals surface area contributed by atoms with Gasteiger partial charge < -0.3 is 4.74 Å². The molecule has 14 heavy (non-hydrogen) atoms. The molecular weight excluding hydrogens is 176 g/mol. The van der Waals surface area contributed by atoms with E-state index in [0.717, 1.165) is 5.56 Å². The SMILES string of the molecule is C=C1Oc2ccccc2CC(=O)C1=C. The topological polar surface area (TPSA) is 26.3 Å². The first kappa shape index (κ1) is 8.75. The second-order valence-corrected chi connectivity index (χ2v) is 3.21. The van der Waals surface area contributed by atoms with Crippen LogP contribution in [0.25, 0.3) is 0 Å². The minimum atomic E-state index is -0.0278. The largest absolute Gasteiger partial charge is 0.457 e. The number of fused-ring (bicyclic) bond motifs is 1. The van der Waals surface area contributed by atoms with Crippen LogP contribution in [0.2, 0.25) is 0 Å².